The molecule has 5 nitrogen and oxygen atoms in total. The first-order valence-corrected chi connectivity index (χ1v) is 9.05. The molecular formula is C15H22N2O3S. The lowest BCUT2D eigenvalue weighted by Gasteiger charge is -2.24. The zero-order valence-corrected chi connectivity index (χ0v) is 13.5. The summed E-state index contributed by atoms with van der Waals surface area (Å²) in [5.74, 6) is 0.459. The van der Waals surface area contributed by atoms with Gasteiger partial charge in [-0.1, -0.05) is 13.8 Å². The zero-order chi connectivity index (χ0) is 15.6. The molecule has 1 amide bonds. The average molecular weight is 310 g/mol. The van der Waals surface area contributed by atoms with Gasteiger partial charge in [-0.3, -0.25) is 9.52 Å². The summed E-state index contributed by atoms with van der Waals surface area (Å²) >= 11 is 0. The van der Waals surface area contributed by atoms with E-state index in [0.717, 1.165) is 24.8 Å². The van der Waals surface area contributed by atoms with Gasteiger partial charge < -0.3 is 4.90 Å². The van der Waals surface area contributed by atoms with Crippen molar-refractivity contribution in [1.29, 1.82) is 0 Å². The smallest absolute Gasteiger partial charge is 0.229 e. The van der Waals surface area contributed by atoms with Crippen molar-refractivity contribution in [3.05, 3.63) is 24.3 Å². The van der Waals surface area contributed by atoms with Gasteiger partial charge in [-0.05, 0) is 43.0 Å². The number of benzene rings is 1. The Kier molecular flexibility index (Phi) is 4.56. The molecule has 0 spiro atoms. The minimum absolute atomic E-state index is 0.135. The molecule has 0 aliphatic heterocycles. The molecule has 0 aromatic heterocycles. The highest BCUT2D eigenvalue weighted by Gasteiger charge is 2.33. The summed E-state index contributed by atoms with van der Waals surface area (Å²) in [4.78, 5) is 14.2. The first-order valence-electron chi connectivity index (χ1n) is 7.16. The number of hydrogen-bond donors (Lipinski definition) is 1. The maximum absolute atomic E-state index is 12.4. The van der Waals surface area contributed by atoms with Gasteiger partial charge in [-0.25, -0.2) is 8.42 Å². The van der Waals surface area contributed by atoms with Crippen molar-refractivity contribution in [2.24, 2.45) is 5.92 Å². The third kappa shape index (κ3) is 4.74. The second-order valence-corrected chi connectivity index (χ2v) is 7.76. The fraction of sp³-hybridized carbons (Fsp3) is 0.533. The summed E-state index contributed by atoms with van der Waals surface area (Å²) in [5, 5.41) is 0. The number of carbonyl (C=O) groups is 1. The zero-order valence-electron chi connectivity index (χ0n) is 12.7. The molecule has 0 radical (unpaired) electrons. The standard InChI is InChI=1S/C15H22N2O3S/c1-11(2)10-15(18)17(14-8-9-14)13-6-4-12(5-7-13)16-21(3,19)20/h4-7,11,14,16H,8-10H2,1-3H3. The van der Waals surface area contributed by atoms with E-state index in [1.165, 1.54) is 0 Å². The summed E-state index contributed by atoms with van der Waals surface area (Å²) in [6.45, 7) is 4.06. The lowest BCUT2D eigenvalue weighted by molar-refractivity contribution is -0.119. The minimum atomic E-state index is -3.28. The predicted octanol–water partition coefficient (Wildman–Crippen LogP) is 2.60. The second-order valence-electron chi connectivity index (χ2n) is 6.01. The van der Waals surface area contributed by atoms with E-state index in [0.29, 0.717) is 24.1 Å². The number of sulfonamides is 1. The molecule has 0 heterocycles. The Labute approximate surface area is 126 Å². The van der Waals surface area contributed by atoms with Crippen molar-refractivity contribution in [1.82, 2.24) is 0 Å². The van der Waals surface area contributed by atoms with Crippen LogP contribution in [0.4, 0.5) is 11.4 Å². The molecule has 0 bridgehead atoms. The first-order chi connectivity index (χ1) is 9.76. The number of hydrogen-bond acceptors (Lipinski definition) is 3. The number of amides is 1. The van der Waals surface area contributed by atoms with Crippen molar-refractivity contribution < 1.29 is 13.2 Å². The van der Waals surface area contributed by atoms with Crippen molar-refractivity contribution in [3.63, 3.8) is 0 Å². The number of carbonyl (C=O) groups excluding carboxylic acids is 1. The van der Waals surface area contributed by atoms with Crippen molar-refractivity contribution in [3.8, 4) is 0 Å². The Morgan fingerprint density at radius 2 is 1.86 bits per heavy atom. The van der Waals surface area contributed by atoms with Gasteiger partial charge in [0.1, 0.15) is 0 Å². The fourth-order valence-corrected chi connectivity index (χ4v) is 2.81. The van der Waals surface area contributed by atoms with E-state index in [4.69, 9.17) is 0 Å². The molecule has 1 N–H and O–H groups in total. The molecule has 1 saturated carbocycles. The van der Waals surface area contributed by atoms with Gasteiger partial charge in [0.25, 0.3) is 0 Å². The van der Waals surface area contributed by atoms with E-state index in [-0.39, 0.29) is 5.91 Å². The average Bonchev–Trinajstić information content (AvgIpc) is 3.13. The van der Waals surface area contributed by atoms with E-state index < -0.39 is 10.0 Å². The summed E-state index contributed by atoms with van der Waals surface area (Å²) in [6.07, 6.45) is 3.71. The van der Waals surface area contributed by atoms with Crippen LogP contribution in [0, 0.1) is 5.92 Å². The molecule has 0 unspecified atom stereocenters. The normalized spacial score (nSPS) is 15.0. The van der Waals surface area contributed by atoms with Crippen molar-refractivity contribution >= 4 is 27.3 Å². The van der Waals surface area contributed by atoms with E-state index in [1.54, 1.807) is 24.3 Å². The Balaban J connectivity index is 2.16. The Morgan fingerprint density at radius 3 is 2.29 bits per heavy atom. The lowest BCUT2D eigenvalue weighted by Crippen LogP contribution is -2.33. The predicted molar refractivity (Wildman–Crippen MR) is 84.9 cm³/mol. The number of rotatable bonds is 6. The minimum Gasteiger partial charge on any atom is -0.309 e. The number of nitrogens with zero attached hydrogens (tertiary/aromatic N) is 1. The van der Waals surface area contributed by atoms with E-state index >= 15 is 0 Å². The van der Waals surface area contributed by atoms with Crippen LogP contribution in [0.1, 0.15) is 33.1 Å². The third-order valence-electron chi connectivity index (χ3n) is 3.21. The molecule has 21 heavy (non-hydrogen) atoms. The molecule has 116 valence electrons. The topological polar surface area (TPSA) is 66.5 Å². The molecule has 0 atom stereocenters. The second kappa shape index (κ2) is 6.05. The number of anilines is 2. The van der Waals surface area contributed by atoms with Crippen molar-refractivity contribution in [2.45, 2.75) is 39.2 Å². The highest BCUT2D eigenvalue weighted by Crippen LogP contribution is 2.33. The van der Waals surface area contributed by atoms with Crippen LogP contribution < -0.4 is 9.62 Å². The van der Waals surface area contributed by atoms with Crippen LogP contribution in [-0.2, 0) is 14.8 Å². The van der Waals surface area contributed by atoms with Crippen LogP contribution in [0.2, 0.25) is 0 Å². The fourth-order valence-electron chi connectivity index (χ4n) is 2.24. The van der Waals surface area contributed by atoms with Gasteiger partial charge in [0.05, 0.1) is 6.26 Å². The third-order valence-corrected chi connectivity index (χ3v) is 3.82. The molecule has 1 aliphatic carbocycles. The lowest BCUT2D eigenvalue weighted by atomic mass is 10.1. The van der Waals surface area contributed by atoms with Crippen LogP contribution in [0.5, 0.6) is 0 Å². The highest BCUT2D eigenvalue weighted by atomic mass is 32.2. The number of nitrogens with one attached hydrogen (secondary N) is 1. The van der Waals surface area contributed by atoms with Crippen LogP contribution in [0.3, 0.4) is 0 Å². The van der Waals surface area contributed by atoms with E-state index in [1.807, 2.05) is 18.7 Å². The Bertz CT molecular complexity index is 604. The molecule has 1 fully saturated rings. The van der Waals surface area contributed by atoms with Gasteiger partial charge >= 0.3 is 0 Å². The van der Waals surface area contributed by atoms with Gasteiger partial charge in [-0.2, -0.15) is 0 Å². The summed E-state index contributed by atoms with van der Waals surface area (Å²) in [6, 6.07) is 7.27. The Hall–Kier alpha value is -1.56. The molecule has 6 heteroatoms. The SMILES string of the molecule is CC(C)CC(=O)N(c1ccc(NS(C)(=O)=O)cc1)C1CC1. The van der Waals surface area contributed by atoms with E-state index in [2.05, 4.69) is 4.72 Å². The maximum atomic E-state index is 12.4. The van der Waals surface area contributed by atoms with Crippen LogP contribution in [0.15, 0.2) is 24.3 Å². The van der Waals surface area contributed by atoms with Crippen LogP contribution in [0.25, 0.3) is 0 Å². The summed E-state index contributed by atoms with van der Waals surface area (Å²) in [7, 11) is -3.28. The van der Waals surface area contributed by atoms with Crippen LogP contribution in [-0.4, -0.2) is 26.6 Å². The molecule has 0 saturated heterocycles. The van der Waals surface area contributed by atoms with Gasteiger partial charge in [0.15, 0.2) is 0 Å². The maximum Gasteiger partial charge on any atom is 0.229 e. The molecular weight excluding hydrogens is 288 g/mol. The van der Waals surface area contributed by atoms with Crippen molar-refractivity contribution in [2.75, 3.05) is 15.9 Å². The largest absolute Gasteiger partial charge is 0.309 e. The van der Waals surface area contributed by atoms with E-state index in [9.17, 15) is 13.2 Å². The molecule has 1 aromatic carbocycles. The molecule has 2 rings (SSSR count). The Morgan fingerprint density at radius 1 is 1.29 bits per heavy atom. The molecule has 1 aromatic rings. The summed E-state index contributed by atoms with van der Waals surface area (Å²) in [5.41, 5.74) is 1.34. The highest BCUT2D eigenvalue weighted by molar-refractivity contribution is 7.92. The monoisotopic (exact) mass is 310 g/mol. The van der Waals surface area contributed by atoms with Gasteiger partial charge in [-0.15, -0.1) is 0 Å². The summed E-state index contributed by atoms with van der Waals surface area (Å²) < 4.78 is 24.8. The molecule has 1 aliphatic rings. The van der Waals surface area contributed by atoms with Crippen LogP contribution >= 0.6 is 0 Å². The van der Waals surface area contributed by atoms with Gasteiger partial charge in [0, 0.05) is 23.8 Å². The van der Waals surface area contributed by atoms with Gasteiger partial charge in [0.2, 0.25) is 15.9 Å². The first kappa shape index (κ1) is 15.8. The quantitative estimate of drug-likeness (QED) is 0.878.